The smallest absolute Gasteiger partial charge is 0.230 e. The van der Waals surface area contributed by atoms with E-state index in [1.807, 2.05) is 66.2 Å². The lowest BCUT2D eigenvalue weighted by molar-refractivity contribution is -0.115. The molecule has 150 valence electrons. The quantitative estimate of drug-likeness (QED) is 0.333. The first kappa shape index (κ1) is 20.6. The van der Waals surface area contributed by atoms with Gasteiger partial charge in [0.05, 0.1) is 17.1 Å². The van der Waals surface area contributed by atoms with Crippen LogP contribution in [0.25, 0.3) is 10.6 Å². The monoisotopic (exact) mass is 451 g/mol. The van der Waals surface area contributed by atoms with Gasteiger partial charge in [0, 0.05) is 39.7 Å². The molecule has 0 aliphatic heterocycles. The lowest BCUT2D eigenvalue weighted by atomic mass is 10.2. The Morgan fingerprint density at radius 1 is 1.07 bits per heavy atom. The number of thiazole rings is 1. The summed E-state index contributed by atoms with van der Waals surface area (Å²) in [7, 11) is 0. The van der Waals surface area contributed by atoms with E-state index in [9.17, 15) is 4.79 Å². The number of carbonyl (C=O) groups is 1. The normalized spacial score (nSPS) is 10.7. The van der Waals surface area contributed by atoms with Gasteiger partial charge in [-0.15, -0.1) is 23.1 Å². The Morgan fingerprint density at radius 3 is 2.67 bits per heavy atom. The van der Waals surface area contributed by atoms with Crippen LogP contribution < -0.4 is 5.32 Å². The number of aromatic nitrogens is 2. The maximum absolute atomic E-state index is 12.4. The van der Waals surface area contributed by atoms with Crippen LogP contribution in [0.3, 0.4) is 0 Å². The van der Waals surface area contributed by atoms with E-state index in [-0.39, 0.29) is 12.3 Å². The van der Waals surface area contributed by atoms with Gasteiger partial charge in [-0.1, -0.05) is 35.9 Å². The standard InChI is InChI=1S/C23H18ClN3OS2/c24-21-6-2-1-5-20(21)23-27-18(15-30-23)12-22(28)26-17-7-9-19(10-8-17)29-14-16-4-3-11-25-13-16/h1-11,13,15H,12,14H2,(H,26,28). The molecule has 0 saturated heterocycles. The summed E-state index contributed by atoms with van der Waals surface area (Å²) in [5.74, 6) is 0.763. The molecule has 30 heavy (non-hydrogen) atoms. The summed E-state index contributed by atoms with van der Waals surface area (Å²) in [5, 5.41) is 6.31. The lowest BCUT2D eigenvalue weighted by Gasteiger charge is -2.06. The molecule has 2 heterocycles. The topological polar surface area (TPSA) is 54.9 Å². The average molecular weight is 452 g/mol. The summed E-state index contributed by atoms with van der Waals surface area (Å²) < 4.78 is 0. The summed E-state index contributed by atoms with van der Waals surface area (Å²) >= 11 is 9.45. The summed E-state index contributed by atoms with van der Waals surface area (Å²) in [6, 6.07) is 19.4. The molecule has 0 aliphatic rings. The van der Waals surface area contributed by atoms with E-state index in [4.69, 9.17) is 11.6 Å². The number of anilines is 1. The molecule has 4 nitrogen and oxygen atoms in total. The van der Waals surface area contributed by atoms with E-state index in [1.54, 1.807) is 18.0 Å². The number of rotatable bonds is 7. The van der Waals surface area contributed by atoms with Gasteiger partial charge in [-0.2, -0.15) is 0 Å². The maximum atomic E-state index is 12.4. The first-order chi connectivity index (χ1) is 14.7. The fraction of sp³-hybridized carbons (Fsp3) is 0.0870. The molecule has 4 rings (SSSR count). The highest BCUT2D eigenvalue weighted by Gasteiger charge is 2.11. The van der Waals surface area contributed by atoms with Crippen LogP contribution in [0.2, 0.25) is 5.02 Å². The molecule has 0 unspecified atom stereocenters. The molecule has 4 aromatic rings. The third-order valence-corrected chi connectivity index (χ3v) is 6.60. The Labute approximate surface area is 188 Å². The molecule has 0 saturated carbocycles. The third-order valence-electron chi connectivity index (χ3n) is 4.26. The number of nitrogens with one attached hydrogen (secondary N) is 1. The van der Waals surface area contributed by atoms with E-state index in [2.05, 4.69) is 21.4 Å². The molecule has 7 heteroatoms. The van der Waals surface area contributed by atoms with Crippen molar-refractivity contribution in [3.05, 3.63) is 94.7 Å². The van der Waals surface area contributed by atoms with Crippen LogP contribution >= 0.6 is 34.7 Å². The second kappa shape index (κ2) is 9.89. The van der Waals surface area contributed by atoms with Crippen molar-refractivity contribution in [2.24, 2.45) is 0 Å². The second-order valence-corrected chi connectivity index (χ2v) is 8.84. The van der Waals surface area contributed by atoms with Crippen molar-refractivity contribution in [1.82, 2.24) is 9.97 Å². The van der Waals surface area contributed by atoms with Crippen molar-refractivity contribution in [3.8, 4) is 10.6 Å². The van der Waals surface area contributed by atoms with Crippen LogP contribution in [-0.4, -0.2) is 15.9 Å². The molecule has 0 radical (unpaired) electrons. The SMILES string of the molecule is O=C(Cc1csc(-c2ccccc2Cl)n1)Nc1ccc(SCc2cccnc2)cc1. The minimum Gasteiger partial charge on any atom is -0.326 e. The number of hydrogen-bond acceptors (Lipinski definition) is 5. The number of nitrogens with zero attached hydrogens (tertiary/aromatic N) is 2. The van der Waals surface area contributed by atoms with Gasteiger partial charge in [-0.05, 0) is 42.0 Å². The van der Waals surface area contributed by atoms with Gasteiger partial charge in [0.2, 0.25) is 5.91 Å². The van der Waals surface area contributed by atoms with Crippen molar-refractivity contribution < 1.29 is 4.79 Å². The summed E-state index contributed by atoms with van der Waals surface area (Å²) in [5.41, 5.74) is 3.57. The number of hydrogen-bond donors (Lipinski definition) is 1. The fourth-order valence-corrected chi connectivity index (χ4v) is 4.77. The number of pyridine rings is 1. The van der Waals surface area contributed by atoms with Crippen molar-refractivity contribution >= 4 is 46.3 Å². The highest BCUT2D eigenvalue weighted by molar-refractivity contribution is 7.98. The van der Waals surface area contributed by atoms with Gasteiger partial charge >= 0.3 is 0 Å². The van der Waals surface area contributed by atoms with Crippen molar-refractivity contribution in [2.75, 3.05) is 5.32 Å². The van der Waals surface area contributed by atoms with Crippen molar-refractivity contribution in [3.63, 3.8) is 0 Å². The summed E-state index contributed by atoms with van der Waals surface area (Å²) in [4.78, 5) is 22.2. The maximum Gasteiger partial charge on any atom is 0.230 e. The van der Waals surface area contributed by atoms with Gasteiger partial charge in [0.15, 0.2) is 0 Å². The van der Waals surface area contributed by atoms with Gasteiger partial charge < -0.3 is 5.32 Å². The zero-order chi connectivity index (χ0) is 20.8. The van der Waals surface area contributed by atoms with E-state index in [0.717, 1.165) is 32.6 Å². The molecule has 0 fully saturated rings. The molecule has 2 aromatic carbocycles. The minimum absolute atomic E-state index is 0.0956. The van der Waals surface area contributed by atoms with E-state index < -0.39 is 0 Å². The van der Waals surface area contributed by atoms with Gasteiger partial charge in [-0.25, -0.2) is 4.98 Å². The molecule has 1 N–H and O–H groups in total. The number of thioether (sulfide) groups is 1. The molecule has 2 aromatic heterocycles. The lowest BCUT2D eigenvalue weighted by Crippen LogP contribution is -2.14. The number of amides is 1. The third kappa shape index (κ3) is 5.48. The molecule has 0 bridgehead atoms. The Hall–Kier alpha value is -2.67. The second-order valence-electron chi connectivity index (χ2n) is 6.52. The minimum atomic E-state index is -0.0956. The van der Waals surface area contributed by atoms with Crippen molar-refractivity contribution in [2.45, 2.75) is 17.1 Å². The zero-order valence-electron chi connectivity index (χ0n) is 15.9. The molecular weight excluding hydrogens is 434 g/mol. The van der Waals surface area contributed by atoms with E-state index >= 15 is 0 Å². The van der Waals surface area contributed by atoms with Gasteiger partial charge in [-0.3, -0.25) is 9.78 Å². The van der Waals surface area contributed by atoms with Crippen LogP contribution in [0.1, 0.15) is 11.3 Å². The molecular formula is C23H18ClN3OS2. The largest absolute Gasteiger partial charge is 0.326 e. The Kier molecular flexibility index (Phi) is 6.79. The molecule has 0 atom stereocenters. The average Bonchev–Trinajstić information content (AvgIpc) is 3.22. The highest BCUT2D eigenvalue weighted by Crippen LogP contribution is 2.30. The summed E-state index contributed by atoms with van der Waals surface area (Å²) in [6.45, 7) is 0. The Balaban J connectivity index is 1.31. The van der Waals surface area contributed by atoms with Crippen molar-refractivity contribution in [1.29, 1.82) is 0 Å². The number of halogens is 1. The predicted molar refractivity (Wildman–Crippen MR) is 125 cm³/mol. The Morgan fingerprint density at radius 2 is 1.90 bits per heavy atom. The summed E-state index contributed by atoms with van der Waals surface area (Å²) in [6.07, 6.45) is 3.87. The molecule has 1 amide bonds. The van der Waals surface area contributed by atoms with Crippen LogP contribution in [0.15, 0.2) is 83.3 Å². The van der Waals surface area contributed by atoms with Crippen LogP contribution in [0, 0.1) is 0 Å². The number of carbonyl (C=O) groups excluding carboxylic acids is 1. The van der Waals surface area contributed by atoms with E-state index in [1.165, 1.54) is 16.9 Å². The fourth-order valence-electron chi connectivity index (χ4n) is 2.80. The molecule has 0 aliphatic carbocycles. The van der Waals surface area contributed by atoms with Crippen LogP contribution in [-0.2, 0) is 17.0 Å². The van der Waals surface area contributed by atoms with Crippen LogP contribution in [0.5, 0.6) is 0 Å². The zero-order valence-corrected chi connectivity index (χ0v) is 18.3. The van der Waals surface area contributed by atoms with Crippen LogP contribution in [0.4, 0.5) is 5.69 Å². The van der Waals surface area contributed by atoms with E-state index in [0.29, 0.717) is 5.02 Å². The number of benzene rings is 2. The Bertz CT molecular complexity index is 1130. The van der Waals surface area contributed by atoms with Gasteiger partial charge in [0.25, 0.3) is 0 Å². The highest BCUT2D eigenvalue weighted by atomic mass is 35.5. The van der Waals surface area contributed by atoms with Gasteiger partial charge in [0.1, 0.15) is 5.01 Å². The first-order valence-electron chi connectivity index (χ1n) is 9.28. The molecule has 0 spiro atoms. The predicted octanol–water partition coefficient (Wildman–Crippen LogP) is 6.33. The first-order valence-corrected chi connectivity index (χ1v) is 11.5.